The number of fused-ring (bicyclic) bond motifs is 1. The highest BCUT2D eigenvalue weighted by atomic mass is 79.9. The van der Waals surface area contributed by atoms with Gasteiger partial charge in [0.25, 0.3) is 0 Å². The van der Waals surface area contributed by atoms with Crippen LogP contribution in [-0.2, 0) is 0 Å². The maximum absolute atomic E-state index is 6.27. The Hall–Kier alpha value is -1.32. The maximum atomic E-state index is 6.27. The van der Waals surface area contributed by atoms with Crippen LogP contribution in [0.15, 0.2) is 46.9 Å². The standard InChI is InChI=1S/C16H16BrNO/c1-10-3-2-4-11(7-10)15-9-14(18)13-6-5-12(17)8-16(13)19-15/h2-8,14-15H,9,18H2,1H3. The summed E-state index contributed by atoms with van der Waals surface area (Å²) in [5.74, 6) is 0.889. The van der Waals surface area contributed by atoms with Crippen LogP contribution in [0, 0.1) is 6.92 Å². The SMILES string of the molecule is Cc1cccc(C2CC(N)c3ccc(Br)cc3O2)c1. The van der Waals surface area contributed by atoms with Gasteiger partial charge in [0.2, 0.25) is 0 Å². The molecule has 2 nitrogen and oxygen atoms in total. The summed E-state index contributed by atoms with van der Waals surface area (Å²) in [6.45, 7) is 2.09. The molecular weight excluding hydrogens is 302 g/mol. The summed E-state index contributed by atoms with van der Waals surface area (Å²) in [7, 11) is 0. The quantitative estimate of drug-likeness (QED) is 0.852. The molecular formula is C16H16BrNO. The largest absolute Gasteiger partial charge is 0.485 e. The van der Waals surface area contributed by atoms with Gasteiger partial charge in [0.1, 0.15) is 11.9 Å². The van der Waals surface area contributed by atoms with Crippen LogP contribution in [0.5, 0.6) is 5.75 Å². The van der Waals surface area contributed by atoms with E-state index in [9.17, 15) is 0 Å². The van der Waals surface area contributed by atoms with E-state index in [4.69, 9.17) is 10.5 Å². The predicted octanol–water partition coefficient (Wildman–Crippen LogP) is 4.28. The van der Waals surface area contributed by atoms with Gasteiger partial charge in [-0.2, -0.15) is 0 Å². The van der Waals surface area contributed by atoms with Gasteiger partial charge in [-0.1, -0.05) is 51.8 Å². The first-order valence-corrected chi connectivity index (χ1v) is 7.21. The Balaban J connectivity index is 1.96. The van der Waals surface area contributed by atoms with E-state index >= 15 is 0 Å². The van der Waals surface area contributed by atoms with E-state index in [0.29, 0.717) is 0 Å². The zero-order valence-corrected chi connectivity index (χ0v) is 12.4. The summed E-state index contributed by atoms with van der Waals surface area (Å²) in [6.07, 6.45) is 0.856. The number of nitrogens with two attached hydrogens (primary N) is 1. The molecule has 2 aromatic rings. The summed E-state index contributed by atoms with van der Waals surface area (Å²) in [5.41, 5.74) is 9.80. The summed E-state index contributed by atoms with van der Waals surface area (Å²) >= 11 is 3.48. The van der Waals surface area contributed by atoms with Crippen LogP contribution in [0.2, 0.25) is 0 Å². The number of halogens is 1. The Labute approximate surface area is 121 Å². The van der Waals surface area contributed by atoms with Crippen molar-refractivity contribution < 1.29 is 4.74 Å². The van der Waals surface area contributed by atoms with E-state index in [-0.39, 0.29) is 12.1 Å². The van der Waals surface area contributed by atoms with Crippen molar-refractivity contribution in [1.82, 2.24) is 0 Å². The summed E-state index contributed by atoms with van der Waals surface area (Å²) < 4.78 is 7.13. The van der Waals surface area contributed by atoms with Gasteiger partial charge in [-0.15, -0.1) is 0 Å². The van der Waals surface area contributed by atoms with Gasteiger partial charge in [0, 0.05) is 22.5 Å². The molecule has 2 aromatic carbocycles. The van der Waals surface area contributed by atoms with Crippen LogP contribution < -0.4 is 10.5 Å². The molecule has 1 heterocycles. The van der Waals surface area contributed by atoms with Crippen molar-refractivity contribution in [1.29, 1.82) is 0 Å². The lowest BCUT2D eigenvalue weighted by Crippen LogP contribution is -2.24. The molecule has 0 fully saturated rings. The summed E-state index contributed by atoms with van der Waals surface area (Å²) in [4.78, 5) is 0. The van der Waals surface area contributed by atoms with Crippen molar-refractivity contribution in [2.45, 2.75) is 25.5 Å². The first-order chi connectivity index (χ1) is 9.13. The number of benzene rings is 2. The molecule has 0 radical (unpaired) electrons. The molecule has 2 N–H and O–H groups in total. The van der Waals surface area contributed by atoms with E-state index in [2.05, 4.69) is 47.1 Å². The minimum Gasteiger partial charge on any atom is -0.485 e. The number of rotatable bonds is 1. The van der Waals surface area contributed by atoms with Crippen molar-refractivity contribution >= 4 is 15.9 Å². The van der Waals surface area contributed by atoms with Crippen molar-refractivity contribution in [2.24, 2.45) is 5.73 Å². The van der Waals surface area contributed by atoms with Crippen LogP contribution in [0.4, 0.5) is 0 Å². The van der Waals surface area contributed by atoms with Gasteiger partial charge in [0.05, 0.1) is 0 Å². The molecule has 0 saturated heterocycles. The van der Waals surface area contributed by atoms with Crippen LogP contribution in [0.3, 0.4) is 0 Å². The van der Waals surface area contributed by atoms with Gasteiger partial charge in [-0.3, -0.25) is 0 Å². The van der Waals surface area contributed by atoms with Gasteiger partial charge in [-0.25, -0.2) is 0 Å². The first-order valence-electron chi connectivity index (χ1n) is 6.42. The highest BCUT2D eigenvalue weighted by Crippen LogP contribution is 2.40. The molecule has 19 heavy (non-hydrogen) atoms. The summed E-state index contributed by atoms with van der Waals surface area (Å²) in [6, 6.07) is 14.5. The lowest BCUT2D eigenvalue weighted by molar-refractivity contribution is 0.161. The van der Waals surface area contributed by atoms with Gasteiger partial charge < -0.3 is 10.5 Å². The first kappa shape index (κ1) is 12.7. The number of hydrogen-bond acceptors (Lipinski definition) is 2. The Bertz CT molecular complexity index is 611. The molecule has 3 rings (SSSR count). The Morgan fingerprint density at radius 2 is 2.05 bits per heavy atom. The maximum Gasteiger partial charge on any atom is 0.126 e. The monoisotopic (exact) mass is 317 g/mol. The van der Waals surface area contributed by atoms with Crippen molar-refractivity contribution in [3.63, 3.8) is 0 Å². The molecule has 0 amide bonds. The molecule has 2 unspecified atom stereocenters. The highest BCUT2D eigenvalue weighted by molar-refractivity contribution is 9.10. The topological polar surface area (TPSA) is 35.2 Å². The third-order valence-electron chi connectivity index (χ3n) is 3.53. The number of aryl methyl sites for hydroxylation is 1. The number of hydrogen-bond donors (Lipinski definition) is 1. The zero-order chi connectivity index (χ0) is 13.4. The second-order valence-corrected chi connectivity index (χ2v) is 5.96. The average Bonchev–Trinajstić information content (AvgIpc) is 2.38. The molecule has 0 bridgehead atoms. The molecule has 1 aliphatic heterocycles. The average molecular weight is 318 g/mol. The van der Waals surface area contributed by atoms with Crippen molar-refractivity contribution in [3.05, 3.63) is 63.6 Å². The second kappa shape index (κ2) is 4.99. The van der Waals surface area contributed by atoms with E-state index in [1.807, 2.05) is 18.2 Å². The van der Waals surface area contributed by atoms with Gasteiger partial charge in [0.15, 0.2) is 0 Å². The van der Waals surface area contributed by atoms with E-state index in [1.165, 1.54) is 11.1 Å². The molecule has 0 aromatic heterocycles. The van der Waals surface area contributed by atoms with Gasteiger partial charge in [-0.05, 0) is 24.6 Å². The Morgan fingerprint density at radius 1 is 1.21 bits per heavy atom. The molecule has 3 heteroatoms. The molecule has 1 aliphatic rings. The molecule has 2 atom stereocenters. The second-order valence-electron chi connectivity index (χ2n) is 5.04. The number of ether oxygens (including phenoxy) is 1. The van der Waals surface area contributed by atoms with Crippen LogP contribution in [0.1, 0.15) is 35.3 Å². The van der Waals surface area contributed by atoms with Crippen LogP contribution in [0.25, 0.3) is 0 Å². The molecule has 98 valence electrons. The Morgan fingerprint density at radius 3 is 2.84 bits per heavy atom. The third-order valence-corrected chi connectivity index (χ3v) is 4.02. The minimum absolute atomic E-state index is 0.0300. The normalized spacial score (nSPS) is 21.6. The van der Waals surface area contributed by atoms with Gasteiger partial charge >= 0.3 is 0 Å². The van der Waals surface area contributed by atoms with Crippen LogP contribution >= 0.6 is 15.9 Å². The smallest absolute Gasteiger partial charge is 0.126 e. The molecule has 0 aliphatic carbocycles. The fraction of sp³-hybridized carbons (Fsp3) is 0.250. The highest BCUT2D eigenvalue weighted by Gasteiger charge is 2.27. The predicted molar refractivity (Wildman–Crippen MR) is 80.2 cm³/mol. The van der Waals surface area contributed by atoms with Crippen LogP contribution in [-0.4, -0.2) is 0 Å². The van der Waals surface area contributed by atoms with E-state index in [0.717, 1.165) is 22.2 Å². The lowest BCUT2D eigenvalue weighted by Gasteiger charge is -2.30. The molecule has 0 saturated carbocycles. The minimum atomic E-state index is 0.0300. The fourth-order valence-electron chi connectivity index (χ4n) is 2.55. The molecule has 0 spiro atoms. The fourth-order valence-corrected chi connectivity index (χ4v) is 2.89. The van der Waals surface area contributed by atoms with Crippen molar-refractivity contribution in [3.8, 4) is 5.75 Å². The van der Waals surface area contributed by atoms with E-state index in [1.54, 1.807) is 0 Å². The lowest BCUT2D eigenvalue weighted by atomic mass is 9.93. The third kappa shape index (κ3) is 2.53. The van der Waals surface area contributed by atoms with E-state index < -0.39 is 0 Å². The summed E-state index contributed by atoms with van der Waals surface area (Å²) in [5, 5.41) is 0. The zero-order valence-electron chi connectivity index (χ0n) is 10.8. The Kier molecular flexibility index (Phi) is 3.33. The van der Waals surface area contributed by atoms with Crippen molar-refractivity contribution in [2.75, 3.05) is 0 Å².